The molecule has 0 bridgehead atoms. The summed E-state index contributed by atoms with van der Waals surface area (Å²) in [7, 11) is -4.84. The number of hydrogen-bond acceptors (Lipinski definition) is 12. The van der Waals surface area contributed by atoms with E-state index in [1.54, 1.807) is 13.8 Å². The number of carboxylic acids is 1. The van der Waals surface area contributed by atoms with Crippen molar-refractivity contribution in [3.63, 3.8) is 0 Å². The highest BCUT2D eigenvalue weighted by Gasteiger charge is 2.38. The number of aliphatic carboxylic acids is 1. The van der Waals surface area contributed by atoms with E-state index >= 15 is 0 Å². The van der Waals surface area contributed by atoms with Crippen LogP contribution in [-0.4, -0.2) is 113 Å². The Labute approximate surface area is 329 Å². The summed E-state index contributed by atoms with van der Waals surface area (Å²) < 4.78 is 28.4. The number of carbonyl (C=O) groups excluding carboxylic acids is 7. The van der Waals surface area contributed by atoms with Crippen LogP contribution in [0, 0.1) is 11.8 Å². The zero-order valence-corrected chi connectivity index (χ0v) is 33.2. The van der Waals surface area contributed by atoms with Gasteiger partial charge in [0.1, 0.15) is 18.2 Å². The van der Waals surface area contributed by atoms with Gasteiger partial charge in [0.25, 0.3) is 11.8 Å². The van der Waals surface area contributed by atoms with Crippen LogP contribution in [0.4, 0.5) is 10.5 Å². The largest absolute Gasteiger partial charge is 0.480 e. The fourth-order valence-electron chi connectivity index (χ4n) is 5.23. The summed E-state index contributed by atoms with van der Waals surface area (Å²) in [6.07, 6.45) is 1.04. The first kappa shape index (κ1) is 47.9. The molecule has 1 aliphatic heterocycles. The standard InChI is InChI=1S/C35H52N7O14P/c1-20(2)29(41-26(44)14-17-54-18-16-42-27(45)12-13-28(42)46)33(48)40-25(7-6-15-37-35(36)51)32(47)39-24-10-8-23(9-11-24)19-55-57(52,53)56-31(21(3)4)30(34(49)50)38-22(5)43/h8-13,20-21,25,29-31H,6-7,14-19H2,1-5H3,(H,38,43)(H,39,47)(H,40,48)(H,41,44)(H,49,50)(H,52,53)(H3,36,37,51). The SMILES string of the molecule is CC(=O)NC(C(=O)O)C(OP(=O)(O)OCc1ccc(NC(=O)C(CCCNC(N)=O)NC(=O)C(NC(=O)CCOCCN2C(=O)C=CC2=O)C(C)C)cc1)C(C)C. The number of imide groups is 1. The Kier molecular flexibility index (Phi) is 19.4. The van der Waals surface area contributed by atoms with Crippen molar-refractivity contribution >= 4 is 61.0 Å². The number of urea groups is 1. The fourth-order valence-corrected chi connectivity index (χ4v) is 6.27. The molecule has 0 saturated heterocycles. The van der Waals surface area contributed by atoms with Crippen LogP contribution in [0.5, 0.6) is 0 Å². The van der Waals surface area contributed by atoms with Gasteiger partial charge in [0, 0.05) is 37.7 Å². The number of carboxylic acid groups (broad SMARTS) is 1. The quantitative estimate of drug-likeness (QED) is 0.0373. The van der Waals surface area contributed by atoms with Gasteiger partial charge < -0.3 is 47.1 Å². The van der Waals surface area contributed by atoms with Crippen molar-refractivity contribution in [2.24, 2.45) is 17.6 Å². The molecule has 0 aliphatic carbocycles. The number of primary amides is 1. The van der Waals surface area contributed by atoms with Crippen molar-refractivity contribution in [1.82, 2.24) is 26.2 Å². The maximum absolute atomic E-state index is 13.4. The second-order valence-electron chi connectivity index (χ2n) is 13.6. The van der Waals surface area contributed by atoms with Gasteiger partial charge in [-0.3, -0.25) is 42.7 Å². The molecule has 22 heteroatoms. The molecule has 0 saturated carbocycles. The summed E-state index contributed by atoms with van der Waals surface area (Å²) in [6.45, 7) is 7.18. The van der Waals surface area contributed by atoms with Crippen molar-refractivity contribution < 1.29 is 66.7 Å². The van der Waals surface area contributed by atoms with Crippen LogP contribution in [-0.2, 0) is 58.5 Å². The Bertz CT molecular complexity index is 1670. The van der Waals surface area contributed by atoms with Gasteiger partial charge in [-0.2, -0.15) is 0 Å². The summed E-state index contributed by atoms with van der Waals surface area (Å²) in [4.78, 5) is 109. The average Bonchev–Trinajstić information content (AvgIpc) is 3.44. The van der Waals surface area contributed by atoms with Gasteiger partial charge in [-0.05, 0) is 42.4 Å². The van der Waals surface area contributed by atoms with E-state index in [-0.39, 0.29) is 51.3 Å². The highest BCUT2D eigenvalue weighted by molar-refractivity contribution is 7.47. The van der Waals surface area contributed by atoms with Crippen molar-refractivity contribution in [3.8, 4) is 0 Å². The molecule has 57 heavy (non-hydrogen) atoms. The normalized spacial score (nSPS) is 15.7. The van der Waals surface area contributed by atoms with E-state index in [2.05, 4.69) is 26.6 Å². The second kappa shape index (κ2) is 23.1. The lowest BCUT2D eigenvalue weighted by molar-refractivity contribution is -0.145. The topological polar surface area (TPSA) is 311 Å². The molecule has 21 nitrogen and oxygen atoms in total. The smallest absolute Gasteiger partial charge is 0.472 e. The van der Waals surface area contributed by atoms with Gasteiger partial charge in [0.05, 0.1) is 26.4 Å². The molecule has 0 fully saturated rings. The molecule has 0 spiro atoms. The summed E-state index contributed by atoms with van der Waals surface area (Å²) >= 11 is 0. The third-order valence-corrected chi connectivity index (χ3v) is 9.15. The number of ether oxygens (including phenoxy) is 1. The molecule has 8 amide bonds. The van der Waals surface area contributed by atoms with Crippen molar-refractivity contribution in [2.45, 2.75) is 84.7 Å². The highest BCUT2D eigenvalue weighted by atomic mass is 31.2. The van der Waals surface area contributed by atoms with Gasteiger partial charge >= 0.3 is 19.8 Å². The Morgan fingerprint density at radius 3 is 2.05 bits per heavy atom. The Morgan fingerprint density at radius 2 is 1.51 bits per heavy atom. The number of amides is 8. The minimum Gasteiger partial charge on any atom is -0.480 e. The fraction of sp³-hybridized carbons (Fsp3) is 0.543. The number of benzene rings is 1. The van der Waals surface area contributed by atoms with Crippen molar-refractivity contribution in [3.05, 3.63) is 42.0 Å². The first-order valence-corrected chi connectivity index (χ1v) is 19.5. The first-order chi connectivity index (χ1) is 26.7. The second-order valence-corrected chi connectivity index (χ2v) is 15.0. The first-order valence-electron chi connectivity index (χ1n) is 18.0. The highest BCUT2D eigenvalue weighted by Crippen LogP contribution is 2.47. The van der Waals surface area contributed by atoms with E-state index < -0.39 is 97.9 Å². The van der Waals surface area contributed by atoms with Crippen molar-refractivity contribution in [1.29, 1.82) is 0 Å². The maximum atomic E-state index is 13.4. The third kappa shape index (κ3) is 17.2. The number of nitrogens with zero attached hydrogens (tertiary/aromatic N) is 1. The van der Waals surface area contributed by atoms with Crippen LogP contribution in [0.3, 0.4) is 0 Å². The average molecular weight is 826 g/mol. The number of carbonyl (C=O) groups is 8. The van der Waals surface area contributed by atoms with Gasteiger partial charge in [-0.15, -0.1) is 0 Å². The van der Waals surface area contributed by atoms with Crippen LogP contribution in [0.25, 0.3) is 0 Å². The number of nitrogens with two attached hydrogens (primary N) is 1. The van der Waals surface area contributed by atoms with Gasteiger partial charge in [-0.1, -0.05) is 39.8 Å². The number of hydrogen-bond donors (Lipinski definition) is 8. The molecular formula is C35H52N7O14P. The predicted molar refractivity (Wildman–Crippen MR) is 201 cm³/mol. The lowest BCUT2D eigenvalue weighted by Gasteiger charge is -2.28. The van der Waals surface area contributed by atoms with E-state index in [0.29, 0.717) is 5.56 Å². The molecule has 5 unspecified atom stereocenters. The Balaban J connectivity index is 2.02. The van der Waals surface area contributed by atoms with E-state index in [1.165, 1.54) is 38.1 Å². The molecule has 0 radical (unpaired) electrons. The van der Waals surface area contributed by atoms with Crippen LogP contribution in [0.1, 0.15) is 59.4 Å². The molecular weight excluding hydrogens is 773 g/mol. The zero-order chi connectivity index (χ0) is 42.9. The number of anilines is 1. The number of rotatable bonds is 25. The summed E-state index contributed by atoms with van der Waals surface area (Å²) in [5, 5.41) is 22.1. The lowest BCUT2D eigenvalue weighted by Crippen LogP contribution is -2.54. The zero-order valence-electron chi connectivity index (χ0n) is 32.4. The minimum absolute atomic E-state index is 0.00954. The molecule has 0 aromatic heterocycles. The predicted octanol–water partition coefficient (Wildman–Crippen LogP) is 0.278. The van der Waals surface area contributed by atoms with Gasteiger partial charge in [0.15, 0.2) is 6.04 Å². The number of nitrogens with one attached hydrogen (secondary N) is 5. The molecule has 1 heterocycles. The van der Waals surface area contributed by atoms with Gasteiger partial charge in [-0.25, -0.2) is 14.2 Å². The van der Waals surface area contributed by atoms with Crippen LogP contribution >= 0.6 is 7.82 Å². The lowest BCUT2D eigenvalue weighted by atomic mass is 10.00. The number of phosphoric ester groups is 1. The molecule has 1 aliphatic rings. The monoisotopic (exact) mass is 825 g/mol. The van der Waals surface area contributed by atoms with Crippen molar-refractivity contribution in [2.75, 3.05) is 31.6 Å². The van der Waals surface area contributed by atoms with E-state index in [0.717, 1.165) is 24.0 Å². The van der Waals surface area contributed by atoms with E-state index in [4.69, 9.17) is 19.5 Å². The molecule has 1 aromatic rings. The third-order valence-electron chi connectivity index (χ3n) is 8.18. The van der Waals surface area contributed by atoms with E-state index in [9.17, 15) is 52.9 Å². The minimum atomic E-state index is -4.84. The summed E-state index contributed by atoms with van der Waals surface area (Å²) in [6, 6.07) is 1.26. The van der Waals surface area contributed by atoms with E-state index in [1.807, 2.05) is 0 Å². The van der Waals surface area contributed by atoms with Crippen LogP contribution in [0.15, 0.2) is 36.4 Å². The Hall–Kier alpha value is -5.21. The van der Waals surface area contributed by atoms with Crippen LogP contribution < -0.4 is 32.3 Å². The molecule has 5 atom stereocenters. The maximum Gasteiger partial charge on any atom is 0.472 e. The molecule has 9 N–H and O–H groups in total. The summed E-state index contributed by atoms with van der Waals surface area (Å²) in [5.41, 5.74) is 5.76. The number of phosphoric acid groups is 1. The van der Waals surface area contributed by atoms with Gasteiger partial charge in [0.2, 0.25) is 23.6 Å². The molecule has 316 valence electrons. The molecule has 1 aromatic carbocycles. The molecule has 2 rings (SSSR count). The summed E-state index contributed by atoms with van der Waals surface area (Å²) in [5.74, 6) is -5.90. The van der Waals surface area contributed by atoms with Crippen LogP contribution in [0.2, 0.25) is 0 Å². The Morgan fingerprint density at radius 1 is 0.877 bits per heavy atom.